The van der Waals surface area contributed by atoms with Crippen LogP contribution >= 0.6 is 0 Å². The molecular weight excluding hydrogens is 222 g/mol. The van der Waals surface area contributed by atoms with Crippen LogP contribution in [-0.2, 0) is 7.05 Å². The average molecular weight is 235 g/mol. The molecule has 0 amide bonds. The standard InChI is InChI=1S/C15H13N3/c1-18-11-14(10-17-18)15-8-7-13(9-16-15)12-5-3-2-4-6-12/h2-11H,1H3. The molecule has 0 atom stereocenters. The fourth-order valence-electron chi connectivity index (χ4n) is 1.92. The molecule has 2 heterocycles. The van der Waals surface area contributed by atoms with Crippen molar-refractivity contribution in [3.05, 3.63) is 61.1 Å². The van der Waals surface area contributed by atoms with E-state index < -0.39 is 0 Å². The maximum Gasteiger partial charge on any atom is 0.0733 e. The number of hydrogen-bond acceptors (Lipinski definition) is 2. The molecule has 3 rings (SSSR count). The van der Waals surface area contributed by atoms with Crippen LogP contribution in [0.25, 0.3) is 22.4 Å². The summed E-state index contributed by atoms with van der Waals surface area (Å²) < 4.78 is 1.78. The summed E-state index contributed by atoms with van der Waals surface area (Å²) in [4.78, 5) is 4.49. The Labute approximate surface area is 106 Å². The lowest BCUT2D eigenvalue weighted by Gasteiger charge is -2.02. The summed E-state index contributed by atoms with van der Waals surface area (Å²) in [6.45, 7) is 0. The van der Waals surface area contributed by atoms with Crippen LogP contribution in [-0.4, -0.2) is 14.8 Å². The van der Waals surface area contributed by atoms with Crippen molar-refractivity contribution in [2.75, 3.05) is 0 Å². The summed E-state index contributed by atoms with van der Waals surface area (Å²) in [5.41, 5.74) is 4.30. The molecule has 18 heavy (non-hydrogen) atoms. The van der Waals surface area contributed by atoms with Crippen molar-refractivity contribution in [1.82, 2.24) is 14.8 Å². The predicted molar refractivity (Wildman–Crippen MR) is 71.9 cm³/mol. The second-order valence-electron chi connectivity index (χ2n) is 4.20. The Bertz CT molecular complexity index is 639. The van der Waals surface area contributed by atoms with Crippen LogP contribution in [0.3, 0.4) is 0 Å². The minimum Gasteiger partial charge on any atom is -0.275 e. The molecule has 0 N–H and O–H groups in total. The zero-order valence-corrected chi connectivity index (χ0v) is 10.1. The van der Waals surface area contributed by atoms with Crippen LogP contribution in [0.1, 0.15) is 0 Å². The van der Waals surface area contributed by atoms with Crippen LogP contribution in [0.5, 0.6) is 0 Å². The lowest BCUT2D eigenvalue weighted by molar-refractivity contribution is 0.768. The maximum absolute atomic E-state index is 4.49. The van der Waals surface area contributed by atoms with Gasteiger partial charge in [0.25, 0.3) is 0 Å². The lowest BCUT2D eigenvalue weighted by atomic mass is 10.1. The highest BCUT2D eigenvalue weighted by molar-refractivity contribution is 5.66. The van der Waals surface area contributed by atoms with Crippen molar-refractivity contribution >= 4 is 0 Å². The number of aryl methyl sites for hydroxylation is 1. The van der Waals surface area contributed by atoms with E-state index >= 15 is 0 Å². The van der Waals surface area contributed by atoms with Crippen molar-refractivity contribution in [3.63, 3.8) is 0 Å². The summed E-state index contributed by atoms with van der Waals surface area (Å²) >= 11 is 0. The molecule has 2 aromatic heterocycles. The van der Waals surface area contributed by atoms with E-state index in [4.69, 9.17) is 0 Å². The van der Waals surface area contributed by atoms with E-state index in [1.54, 1.807) is 4.68 Å². The number of rotatable bonds is 2. The molecule has 0 saturated carbocycles. The zero-order chi connectivity index (χ0) is 12.4. The summed E-state index contributed by atoms with van der Waals surface area (Å²) in [7, 11) is 1.90. The van der Waals surface area contributed by atoms with Crippen LogP contribution in [0, 0.1) is 0 Å². The fraction of sp³-hybridized carbons (Fsp3) is 0.0667. The molecule has 0 saturated heterocycles. The molecule has 3 aromatic rings. The number of benzene rings is 1. The third kappa shape index (κ3) is 2.02. The summed E-state index contributed by atoms with van der Waals surface area (Å²) in [6, 6.07) is 14.4. The van der Waals surface area contributed by atoms with Crippen LogP contribution in [0.4, 0.5) is 0 Å². The monoisotopic (exact) mass is 235 g/mol. The molecule has 3 heteroatoms. The average Bonchev–Trinajstić information content (AvgIpc) is 2.87. The molecule has 0 bridgehead atoms. The predicted octanol–water partition coefficient (Wildman–Crippen LogP) is 3.15. The Balaban J connectivity index is 1.94. The van der Waals surface area contributed by atoms with E-state index in [9.17, 15) is 0 Å². The maximum atomic E-state index is 4.49. The highest BCUT2D eigenvalue weighted by Gasteiger charge is 2.02. The number of aromatic nitrogens is 3. The van der Waals surface area contributed by atoms with Crippen molar-refractivity contribution < 1.29 is 0 Å². The first kappa shape index (κ1) is 10.7. The van der Waals surface area contributed by atoms with Gasteiger partial charge in [-0.15, -0.1) is 0 Å². The van der Waals surface area contributed by atoms with Gasteiger partial charge in [-0.1, -0.05) is 36.4 Å². The van der Waals surface area contributed by atoms with Gasteiger partial charge in [0.05, 0.1) is 11.9 Å². The van der Waals surface area contributed by atoms with Gasteiger partial charge in [0, 0.05) is 30.6 Å². The Morgan fingerprint density at radius 1 is 0.833 bits per heavy atom. The van der Waals surface area contributed by atoms with Gasteiger partial charge in [-0.05, 0) is 11.6 Å². The summed E-state index contributed by atoms with van der Waals surface area (Å²) in [6.07, 6.45) is 5.69. The molecule has 0 radical (unpaired) electrons. The van der Waals surface area contributed by atoms with Crippen LogP contribution < -0.4 is 0 Å². The van der Waals surface area contributed by atoms with E-state index in [1.807, 2.05) is 49.9 Å². The highest BCUT2D eigenvalue weighted by Crippen LogP contribution is 2.21. The minimum atomic E-state index is 0.947. The Kier molecular flexibility index (Phi) is 2.65. The smallest absolute Gasteiger partial charge is 0.0733 e. The van der Waals surface area contributed by atoms with Gasteiger partial charge in [0.15, 0.2) is 0 Å². The molecule has 0 aliphatic heterocycles. The van der Waals surface area contributed by atoms with E-state index in [1.165, 1.54) is 5.56 Å². The zero-order valence-electron chi connectivity index (χ0n) is 10.1. The van der Waals surface area contributed by atoms with Crippen molar-refractivity contribution in [2.24, 2.45) is 7.05 Å². The number of hydrogen-bond donors (Lipinski definition) is 0. The largest absolute Gasteiger partial charge is 0.275 e. The molecule has 1 aromatic carbocycles. The number of pyridine rings is 1. The molecule has 0 fully saturated rings. The minimum absolute atomic E-state index is 0.947. The molecule has 0 aliphatic carbocycles. The van der Waals surface area contributed by atoms with Gasteiger partial charge in [0.2, 0.25) is 0 Å². The van der Waals surface area contributed by atoms with Gasteiger partial charge in [-0.25, -0.2) is 0 Å². The van der Waals surface area contributed by atoms with Gasteiger partial charge in [-0.3, -0.25) is 9.67 Å². The van der Waals surface area contributed by atoms with Gasteiger partial charge in [0.1, 0.15) is 0 Å². The second-order valence-corrected chi connectivity index (χ2v) is 4.20. The third-order valence-electron chi connectivity index (χ3n) is 2.87. The molecular formula is C15H13N3. The van der Waals surface area contributed by atoms with Crippen LogP contribution in [0.2, 0.25) is 0 Å². The second kappa shape index (κ2) is 4.45. The Morgan fingerprint density at radius 2 is 1.67 bits per heavy atom. The highest BCUT2D eigenvalue weighted by atomic mass is 15.2. The first-order valence-electron chi connectivity index (χ1n) is 5.83. The van der Waals surface area contributed by atoms with E-state index in [0.717, 1.165) is 16.8 Å². The molecule has 0 unspecified atom stereocenters. The first-order chi connectivity index (χ1) is 8.83. The number of nitrogens with zero attached hydrogens (tertiary/aromatic N) is 3. The van der Waals surface area contributed by atoms with Gasteiger partial charge < -0.3 is 0 Å². The van der Waals surface area contributed by atoms with Gasteiger partial charge >= 0.3 is 0 Å². The van der Waals surface area contributed by atoms with E-state index in [-0.39, 0.29) is 0 Å². The van der Waals surface area contributed by atoms with E-state index in [2.05, 4.69) is 28.3 Å². The van der Waals surface area contributed by atoms with Crippen molar-refractivity contribution in [1.29, 1.82) is 0 Å². The van der Waals surface area contributed by atoms with Crippen molar-refractivity contribution in [2.45, 2.75) is 0 Å². The molecule has 0 spiro atoms. The van der Waals surface area contributed by atoms with Crippen molar-refractivity contribution in [3.8, 4) is 22.4 Å². The molecule has 0 aliphatic rings. The Morgan fingerprint density at radius 3 is 2.28 bits per heavy atom. The summed E-state index contributed by atoms with van der Waals surface area (Å²) in [5.74, 6) is 0. The fourth-order valence-corrected chi connectivity index (χ4v) is 1.92. The normalized spacial score (nSPS) is 10.5. The van der Waals surface area contributed by atoms with Gasteiger partial charge in [-0.2, -0.15) is 5.10 Å². The van der Waals surface area contributed by atoms with E-state index in [0.29, 0.717) is 0 Å². The van der Waals surface area contributed by atoms with Crippen LogP contribution in [0.15, 0.2) is 61.1 Å². The molecule has 3 nitrogen and oxygen atoms in total. The third-order valence-corrected chi connectivity index (χ3v) is 2.87. The molecule has 88 valence electrons. The first-order valence-corrected chi connectivity index (χ1v) is 5.83. The topological polar surface area (TPSA) is 30.7 Å². The Hall–Kier alpha value is -2.42. The SMILES string of the molecule is Cn1cc(-c2ccc(-c3ccccc3)cn2)cn1. The summed E-state index contributed by atoms with van der Waals surface area (Å²) in [5, 5.41) is 4.15. The lowest BCUT2D eigenvalue weighted by Crippen LogP contribution is -1.85. The quantitative estimate of drug-likeness (QED) is 0.683.